The summed E-state index contributed by atoms with van der Waals surface area (Å²) in [6.45, 7) is 3.01. The molecular formula is C10H17NOS. The topological polar surface area (TPSA) is 21.3 Å². The Morgan fingerprint density at radius 3 is 3.15 bits per heavy atom. The van der Waals surface area contributed by atoms with Crippen LogP contribution in [-0.4, -0.2) is 17.8 Å². The Balaban J connectivity index is 2.18. The van der Waals surface area contributed by atoms with Crippen molar-refractivity contribution in [3.63, 3.8) is 0 Å². The number of nitrogens with one attached hydrogen (secondary N) is 1. The van der Waals surface area contributed by atoms with E-state index in [4.69, 9.17) is 17.0 Å². The monoisotopic (exact) mass is 199 g/mol. The van der Waals surface area contributed by atoms with Gasteiger partial charge in [0.15, 0.2) is 0 Å². The van der Waals surface area contributed by atoms with Gasteiger partial charge in [-0.3, -0.25) is 0 Å². The van der Waals surface area contributed by atoms with E-state index in [1.807, 2.05) is 0 Å². The van der Waals surface area contributed by atoms with Gasteiger partial charge >= 0.3 is 0 Å². The van der Waals surface area contributed by atoms with Crippen LogP contribution in [0.15, 0.2) is 12.2 Å². The highest BCUT2D eigenvalue weighted by Crippen LogP contribution is 2.13. The molecule has 0 aromatic carbocycles. The summed E-state index contributed by atoms with van der Waals surface area (Å²) < 4.78 is 5.53. The van der Waals surface area contributed by atoms with Gasteiger partial charge in [0.1, 0.15) is 6.10 Å². The Morgan fingerprint density at radius 2 is 2.54 bits per heavy atom. The van der Waals surface area contributed by atoms with Crippen LogP contribution in [0, 0.1) is 0 Å². The van der Waals surface area contributed by atoms with Crippen molar-refractivity contribution < 1.29 is 4.74 Å². The van der Waals surface area contributed by atoms with E-state index >= 15 is 0 Å². The molecule has 3 heteroatoms. The quantitative estimate of drug-likeness (QED) is 0.557. The van der Waals surface area contributed by atoms with Crippen molar-refractivity contribution in [2.75, 3.05) is 6.54 Å². The normalized spacial score (nSPS) is 21.2. The number of allylic oxidation sites excluding steroid dienone is 1. The summed E-state index contributed by atoms with van der Waals surface area (Å²) in [6, 6.07) is 0. The minimum atomic E-state index is 0.200. The maximum atomic E-state index is 5.53. The maximum Gasteiger partial charge on any atom is 0.257 e. The summed E-state index contributed by atoms with van der Waals surface area (Å²) >= 11 is 5.03. The minimum Gasteiger partial charge on any atom is -0.464 e. The average molecular weight is 199 g/mol. The molecular weight excluding hydrogens is 182 g/mol. The number of ether oxygens (including phenoxy) is 1. The molecule has 13 heavy (non-hydrogen) atoms. The minimum absolute atomic E-state index is 0.200. The maximum absolute atomic E-state index is 5.53. The van der Waals surface area contributed by atoms with E-state index in [1.165, 1.54) is 12.8 Å². The first-order valence-corrected chi connectivity index (χ1v) is 5.35. The zero-order valence-electron chi connectivity index (χ0n) is 8.08. The van der Waals surface area contributed by atoms with Crippen LogP contribution in [0.1, 0.15) is 32.6 Å². The van der Waals surface area contributed by atoms with Gasteiger partial charge in [-0.1, -0.05) is 13.0 Å². The molecule has 0 aliphatic heterocycles. The third kappa shape index (κ3) is 4.27. The molecule has 0 aromatic rings. The van der Waals surface area contributed by atoms with Crippen LogP contribution in [0.25, 0.3) is 0 Å². The van der Waals surface area contributed by atoms with E-state index in [0.717, 1.165) is 19.4 Å². The van der Waals surface area contributed by atoms with Gasteiger partial charge < -0.3 is 10.1 Å². The average Bonchev–Trinajstić information content (AvgIpc) is 2.16. The van der Waals surface area contributed by atoms with Crippen molar-refractivity contribution in [2.45, 2.75) is 38.7 Å². The molecule has 1 N–H and O–H groups in total. The predicted molar refractivity (Wildman–Crippen MR) is 58.8 cm³/mol. The molecule has 0 radical (unpaired) electrons. The van der Waals surface area contributed by atoms with E-state index in [-0.39, 0.29) is 6.10 Å². The summed E-state index contributed by atoms with van der Waals surface area (Å²) in [5.74, 6) is 0. The third-order valence-corrected chi connectivity index (χ3v) is 2.23. The van der Waals surface area contributed by atoms with Gasteiger partial charge in [0.05, 0.1) is 0 Å². The lowest BCUT2D eigenvalue weighted by atomic mass is 10.1. The highest BCUT2D eigenvalue weighted by molar-refractivity contribution is 7.80. The summed E-state index contributed by atoms with van der Waals surface area (Å²) in [5, 5.41) is 3.60. The summed E-state index contributed by atoms with van der Waals surface area (Å²) in [7, 11) is 0. The molecule has 0 spiro atoms. The van der Waals surface area contributed by atoms with Crippen LogP contribution < -0.4 is 5.32 Å². The fourth-order valence-corrected chi connectivity index (χ4v) is 1.51. The molecule has 0 fully saturated rings. The van der Waals surface area contributed by atoms with Gasteiger partial charge in [-0.25, -0.2) is 0 Å². The van der Waals surface area contributed by atoms with Gasteiger partial charge in [-0.15, -0.1) is 0 Å². The third-order valence-electron chi connectivity index (χ3n) is 1.99. The number of hydrogen-bond donors (Lipinski definition) is 1. The van der Waals surface area contributed by atoms with Crippen LogP contribution in [-0.2, 0) is 4.74 Å². The second-order valence-electron chi connectivity index (χ2n) is 3.23. The van der Waals surface area contributed by atoms with E-state index in [0.29, 0.717) is 5.17 Å². The predicted octanol–water partition coefficient (Wildman–Crippen LogP) is 2.40. The van der Waals surface area contributed by atoms with Crippen LogP contribution in [0.3, 0.4) is 0 Å². The summed E-state index contributed by atoms with van der Waals surface area (Å²) in [6.07, 6.45) is 9.01. The Hall–Kier alpha value is -0.570. The molecule has 1 aliphatic rings. The van der Waals surface area contributed by atoms with Crippen molar-refractivity contribution in [2.24, 2.45) is 0 Å². The fraction of sp³-hybridized carbons (Fsp3) is 0.700. The molecule has 0 saturated heterocycles. The number of rotatable bonds is 3. The second-order valence-corrected chi connectivity index (χ2v) is 3.60. The van der Waals surface area contributed by atoms with E-state index in [9.17, 15) is 0 Å². The first-order chi connectivity index (χ1) is 6.33. The fourth-order valence-electron chi connectivity index (χ4n) is 1.29. The first-order valence-electron chi connectivity index (χ1n) is 4.94. The van der Waals surface area contributed by atoms with Gasteiger partial charge in [0, 0.05) is 6.54 Å². The van der Waals surface area contributed by atoms with Crippen molar-refractivity contribution in [3.05, 3.63) is 12.2 Å². The molecule has 0 unspecified atom stereocenters. The van der Waals surface area contributed by atoms with Gasteiger partial charge in [-0.05, 0) is 44.0 Å². The molecule has 0 aromatic heterocycles. The largest absolute Gasteiger partial charge is 0.464 e. The Labute approximate surface area is 85.4 Å². The molecule has 2 nitrogen and oxygen atoms in total. The smallest absolute Gasteiger partial charge is 0.257 e. The molecule has 1 aliphatic carbocycles. The summed E-state index contributed by atoms with van der Waals surface area (Å²) in [4.78, 5) is 0. The standard InChI is InChI=1S/C10H17NOS/c1-2-8-11-10(13)12-9-6-4-3-5-7-9/h4,6,9H,2-3,5,7-8H2,1H3,(H,11,13)/t9-/m1/s1. The van der Waals surface area contributed by atoms with Crippen LogP contribution in [0.2, 0.25) is 0 Å². The van der Waals surface area contributed by atoms with E-state index < -0.39 is 0 Å². The highest BCUT2D eigenvalue weighted by atomic mass is 32.1. The van der Waals surface area contributed by atoms with Crippen LogP contribution in [0.5, 0.6) is 0 Å². The molecule has 1 rings (SSSR count). The number of thiocarbonyl (C=S) groups is 1. The lowest BCUT2D eigenvalue weighted by molar-refractivity contribution is 0.213. The second kappa shape index (κ2) is 5.97. The highest BCUT2D eigenvalue weighted by Gasteiger charge is 2.10. The lowest BCUT2D eigenvalue weighted by Crippen LogP contribution is -2.29. The molecule has 0 saturated carbocycles. The zero-order valence-corrected chi connectivity index (χ0v) is 8.90. The van der Waals surface area contributed by atoms with Crippen molar-refractivity contribution in [1.82, 2.24) is 5.32 Å². The summed E-state index contributed by atoms with van der Waals surface area (Å²) in [5.41, 5.74) is 0. The molecule has 74 valence electrons. The van der Waals surface area contributed by atoms with Crippen LogP contribution in [0.4, 0.5) is 0 Å². The van der Waals surface area contributed by atoms with Gasteiger partial charge in [0.25, 0.3) is 5.17 Å². The van der Waals surface area contributed by atoms with Crippen molar-refractivity contribution in [1.29, 1.82) is 0 Å². The Bertz CT molecular complexity index is 191. The Kier molecular flexibility index (Phi) is 4.83. The zero-order chi connectivity index (χ0) is 9.52. The molecule has 1 atom stereocenters. The SMILES string of the molecule is CCCNC(=S)O[C@@H]1C=CCCC1. The molecule has 0 heterocycles. The molecule has 0 bridgehead atoms. The molecule has 0 amide bonds. The van der Waals surface area contributed by atoms with E-state index in [1.54, 1.807) is 0 Å². The van der Waals surface area contributed by atoms with Crippen LogP contribution >= 0.6 is 12.2 Å². The Morgan fingerprint density at radius 1 is 1.69 bits per heavy atom. The van der Waals surface area contributed by atoms with Crippen molar-refractivity contribution >= 4 is 17.4 Å². The lowest BCUT2D eigenvalue weighted by Gasteiger charge is -2.19. The van der Waals surface area contributed by atoms with Gasteiger partial charge in [-0.2, -0.15) is 0 Å². The van der Waals surface area contributed by atoms with Crippen molar-refractivity contribution in [3.8, 4) is 0 Å². The number of hydrogen-bond acceptors (Lipinski definition) is 2. The first kappa shape index (κ1) is 10.5. The van der Waals surface area contributed by atoms with Gasteiger partial charge in [0.2, 0.25) is 0 Å². The van der Waals surface area contributed by atoms with E-state index in [2.05, 4.69) is 24.4 Å².